The van der Waals surface area contributed by atoms with Crippen LogP contribution in [0.1, 0.15) is 39.3 Å². The Morgan fingerprint density at radius 1 is 1.37 bits per heavy atom. The Hall–Kier alpha value is -0.800. The van der Waals surface area contributed by atoms with E-state index in [9.17, 15) is 0 Å². The molecule has 3 heteroatoms. The number of nitrogens with zero attached hydrogens (tertiary/aromatic N) is 1. The third-order valence-corrected chi connectivity index (χ3v) is 3.72. The maximum Gasteiger partial charge on any atom is 0.0420 e. The molecule has 0 spiro atoms. The second-order valence-electron chi connectivity index (χ2n) is 5.02. The largest absolute Gasteiger partial charge is 0.365 e. The molecule has 0 aliphatic carbocycles. The van der Waals surface area contributed by atoms with Crippen LogP contribution in [-0.2, 0) is 0 Å². The second kappa shape index (κ2) is 7.71. The molecule has 2 nitrogen and oxygen atoms in total. The summed E-state index contributed by atoms with van der Waals surface area (Å²) in [5.74, 6) is 0. The Balaban J connectivity index is 3.20. The summed E-state index contributed by atoms with van der Waals surface area (Å²) in [5.41, 5.74) is 2.61. The van der Waals surface area contributed by atoms with Gasteiger partial charge in [-0.1, -0.05) is 28.9 Å². The highest BCUT2D eigenvalue weighted by atomic mass is 79.9. The van der Waals surface area contributed by atoms with Crippen molar-refractivity contribution in [3.05, 3.63) is 40.9 Å². The van der Waals surface area contributed by atoms with Crippen LogP contribution in [0.5, 0.6) is 0 Å². The van der Waals surface area contributed by atoms with Gasteiger partial charge in [0.15, 0.2) is 0 Å². The molecule has 0 radical (unpaired) electrons. The SMILES string of the molecule is C=CCN(c1ccc(Br)cc1C(C)NCC)C(C)C. The molecule has 19 heavy (non-hydrogen) atoms. The van der Waals surface area contributed by atoms with Gasteiger partial charge in [0.2, 0.25) is 0 Å². The maximum atomic E-state index is 3.87. The van der Waals surface area contributed by atoms with Gasteiger partial charge in [-0.15, -0.1) is 6.58 Å². The summed E-state index contributed by atoms with van der Waals surface area (Å²) in [6, 6.07) is 7.30. The average Bonchev–Trinajstić information content (AvgIpc) is 2.36. The Morgan fingerprint density at radius 3 is 2.58 bits per heavy atom. The lowest BCUT2D eigenvalue weighted by Crippen LogP contribution is -2.32. The number of hydrogen-bond donors (Lipinski definition) is 1. The van der Waals surface area contributed by atoms with Crippen molar-refractivity contribution in [2.75, 3.05) is 18.0 Å². The molecule has 0 aliphatic heterocycles. The zero-order valence-electron chi connectivity index (χ0n) is 12.4. The Kier molecular flexibility index (Phi) is 6.59. The first-order valence-corrected chi connectivity index (χ1v) is 7.70. The highest BCUT2D eigenvalue weighted by Gasteiger charge is 2.17. The molecule has 1 unspecified atom stereocenters. The van der Waals surface area contributed by atoms with Crippen molar-refractivity contribution in [2.24, 2.45) is 0 Å². The molecule has 0 heterocycles. The third-order valence-electron chi connectivity index (χ3n) is 3.22. The van der Waals surface area contributed by atoms with Crippen LogP contribution in [0.3, 0.4) is 0 Å². The molecule has 106 valence electrons. The van der Waals surface area contributed by atoms with Crippen molar-refractivity contribution in [1.82, 2.24) is 5.32 Å². The van der Waals surface area contributed by atoms with E-state index in [4.69, 9.17) is 0 Å². The molecule has 0 fully saturated rings. The Labute approximate surface area is 126 Å². The van der Waals surface area contributed by atoms with Crippen LogP contribution >= 0.6 is 15.9 Å². The van der Waals surface area contributed by atoms with Gasteiger partial charge < -0.3 is 10.2 Å². The highest BCUT2D eigenvalue weighted by molar-refractivity contribution is 9.10. The quantitative estimate of drug-likeness (QED) is 0.742. The zero-order valence-corrected chi connectivity index (χ0v) is 14.0. The first-order chi connectivity index (χ1) is 9.01. The maximum absolute atomic E-state index is 3.87. The summed E-state index contributed by atoms with van der Waals surface area (Å²) in [6.45, 7) is 14.5. The van der Waals surface area contributed by atoms with E-state index in [0.717, 1.165) is 17.6 Å². The molecule has 1 N–H and O–H groups in total. The van der Waals surface area contributed by atoms with Crippen LogP contribution in [0.25, 0.3) is 0 Å². The molecule has 1 aromatic carbocycles. The number of benzene rings is 1. The van der Waals surface area contributed by atoms with E-state index in [-0.39, 0.29) is 0 Å². The van der Waals surface area contributed by atoms with Crippen LogP contribution in [-0.4, -0.2) is 19.1 Å². The first-order valence-electron chi connectivity index (χ1n) is 6.91. The summed E-state index contributed by atoms with van der Waals surface area (Å²) >= 11 is 3.57. The van der Waals surface area contributed by atoms with Crippen molar-refractivity contribution < 1.29 is 0 Å². The van der Waals surface area contributed by atoms with E-state index in [1.165, 1.54) is 11.3 Å². The van der Waals surface area contributed by atoms with E-state index in [1.807, 2.05) is 6.08 Å². The Morgan fingerprint density at radius 2 is 2.05 bits per heavy atom. The molecule has 0 amide bonds. The standard InChI is InChI=1S/C16H25BrN2/c1-6-10-19(12(3)4)16-9-8-14(17)11-15(16)13(5)18-7-2/h6,8-9,11-13,18H,1,7,10H2,2-5H3. The summed E-state index contributed by atoms with van der Waals surface area (Å²) < 4.78 is 1.12. The van der Waals surface area contributed by atoms with Gasteiger partial charge in [0, 0.05) is 28.8 Å². The van der Waals surface area contributed by atoms with E-state index in [0.29, 0.717) is 12.1 Å². The van der Waals surface area contributed by atoms with E-state index in [2.05, 4.69) is 78.6 Å². The summed E-state index contributed by atoms with van der Waals surface area (Å²) in [6.07, 6.45) is 1.96. The van der Waals surface area contributed by atoms with Crippen molar-refractivity contribution in [3.8, 4) is 0 Å². The fourth-order valence-corrected chi connectivity index (χ4v) is 2.66. The first kappa shape index (κ1) is 16.3. The number of hydrogen-bond acceptors (Lipinski definition) is 2. The number of anilines is 1. The van der Waals surface area contributed by atoms with Crippen molar-refractivity contribution >= 4 is 21.6 Å². The summed E-state index contributed by atoms with van der Waals surface area (Å²) in [7, 11) is 0. The van der Waals surface area contributed by atoms with Crippen molar-refractivity contribution in [1.29, 1.82) is 0 Å². The smallest absolute Gasteiger partial charge is 0.0420 e. The zero-order chi connectivity index (χ0) is 14.4. The molecule has 1 aromatic rings. The van der Waals surface area contributed by atoms with E-state index in [1.54, 1.807) is 0 Å². The lowest BCUT2D eigenvalue weighted by atomic mass is 10.0. The number of halogens is 1. The topological polar surface area (TPSA) is 15.3 Å². The average molecular weight is 325 g/mol. The minimum atomic E-state index is 0.337. The van der Waals surface area contributed by atoms with Crippen LogP contribution in [0, 0.1) is 0 Å². The molecule has 0 saturated carbocycles. The third kappa shape index (κ3) is 4.36. The van der Waals surface area contributed by atoms with Gasteiger partial charge in [0.1, 0.15) is 0 Å². The molecule has 1 atom stereocenters. The number of nitrogens with one attached hydrogen (secondary N) is 1. The van der Waals surface area contributed by atoms with Crippen molar-refractivity contribution in [3.63, 3.8) is 0 Å². The van der Waals surface area contributed by atoms with Crippen molar-refractivity contribution in [2.45, 2.75) is 39.8 Å². The van der Waals surface area contributed by atoms with Gasteiger partial charge >= 0.3 is 0 Å². The normalized spacial score (nSPS) is 12.5. The lowest BCUT2D eigenvalue weighted by molar-refractivity contribution is 0.593. The molecular weight excluding hydrogens is 300 g/mol. The molecule has 0 bridgehead atoms. The van der Waals surface area contributed by atoms with Gasteiger partial charge in [0.05, 0.1) is 0 Å². The van der Waals surface area contributed by atoms with Gasteiger partial charge in [0.25, 0.3) is 0 Å². The Bertz CT molecular complexity index is 415. The highest BCUT2D eigenvalue weighted by Crippen LogP contribution is 2.30. The van der Waals surface area contributed by atoms with E-state index < -0.39 is 0 Å². The molecule has 0 aliphatic rings. The minimum absolute atomic E-state index is 0.337. The second-order valence-corrected chi connectivity index (χ2v) is 5.93. The summed E-state index contributed by atoms with van der Waals surface area (Å²) in [4.78, 5) is 2.38. The minimum Gasteiger partial charge on any atom is -0.365 e. The van der Waals surface area contributed by atoms with Crippen LogP contribution in [0.4, 0.5) is 5.69 Å². The van der Waals surface area contributed by atoms with Gasteiger partial charge in [-0.3, -0.25) is 0 Å². The monoisotopic (exact) mass is 324 g/mol. The van der Waals surface area contributed by atoms with Gasteiger partial charge in [-0.2, -0.15) is 0 Å². The predicted molar refractivity (Wildman–Crippen MR) is 88.9 cm³/mol. The fourth-order valence-electron chi connectivity index (χ4n) is 2.28. The van der Waals surface area contributed by atoms with Crippen LogP contribution < -0.4 is 10.2 Å². The van der Waals surface area contributed by atoms with Gasteiger partial charge in [-0.05, 0) is 51.1 Å². The lowest BCUT2D eigenvalue weighted by Gasteiger charge is -2.31. The molecular formula is C16H25BrN2. The number of rotatable bonds is 7. The molecule has 1 rings (SSSR count). The molecule has 0 aromatic heterocycles. The van der Waals surface area contributed by atoms with Gasteiger partial charge in [-0.25, -0.2) is 0 Å². The van der Waals surface area contributed by atoms with Crippen LogP contribution in [0.2, 0.25) is 0 Å². The van der Waals surface area contributed by atoms with Crippen LogP contribution in [0.15, 0.2) is 35.3 Å². The molecule has 0 saturated heterocycles. The fraction of sp³-hybridized carbons (Fsp3) is 0.500. The van der Waals surface area contributed by atoms with E-state index >= 15 is 0 Å². The summed E-state index contributed by atoms with van der Waals surface area (Å²) in [5, 5.41) is 3.49. The predicted octanol–water partition coefficient (Wildman–Crippen LogP) is 4.52.